The molecule has 1 unspecified atom stereocenters. The van der Waals surface area contributed by atoms with Gasteiger partial charge < -0.3 is 14.2 Å². The van der Waals surface area contributed by atoms with Crippen LogP contribution in [0.2, 0.25) is 0 Å². The number of ether oxygens (including phenoxy) is 3. The summed E-state index contributed by atoms with van der Waals surface area (Å²) in [5.41, 5.74) is 1.72. The molecule has 0 saturated carbocycles. The average Bonchev–Trinajstić information content (AvgIpc) is 2.67. The van der Waals surface area contributed by atoms with Crippen LogP contribution in [0, 0.1) is 11.3 Å². The summed E-state index contributed by atoms with van der Waals surface area (Å²) in [6.07, 6.45) is 0. The van der Waals surface area contributed by atoms with Crippen LogP contribution in [0.1, 0.15) is 17.0 Å². The number of methoxy groups -OCH3 is 3. The normalized spacial score (nSPS) is 11.6. The Morgan fingerprint density at radius 1 is 0.760 bits per heavy atom. The number of fused-ring (bicyclic) bond motifs is 1. The van der Waals surface area contributed by atoms with Crippen LogP contribution in [0.3, 0.4) is 0 Å². The Labute approximate surface area is 147 Å². The van der Waals surface area contributed by atoms with Gasteiger partial charge in [0.25, 0.3) is 0 Å². The quantitative estimate of drug-likeness (QED) is 0.689. The largest absolute Gasteiger partial charge is 0.493 e. The molecule has 0 aliphatic rings. The van der Waals surface area contributed by atoms with Crippen molar-refractivity contribution in [3.63, 3.8) is 0 Å². The van der Waals surface area contributed by atoms with E-state index < -0.39 is 5.92 Å². The van der Waals surface area contributed by atoms with Crippen LogP contribution in [0.5, 0.6) is 17.2 Å². The fraction of sp³-hybridized carbons (Fsp3) is 0.190. The van der Waals surface area contributed by atoms with Crippen LogP contribution in [-0.2, 0) is 0 Å². The maximum atomic E-state index is 9.80. The van der Waals surface area contributed by atoms with E-state index in [-0.39, 0.29) is 0 Å². The highest BCUT2D eigenvalue weighted by molar-refractivity contribution is 5.83. The van der Waals surface area contributed by atoms with Crippen molar-refractivity contribution >= 4 is 10.8 Å². The molecule has 0 amide bonds. The van der Waals surface area contributed by atoms with Crippen molar-refractivity contribution in [2.45, 2.75) is 5.92 Å². The molecule has 3 rings (SSSR count). The van der Waals surface area contributed by atoms with Crippen LogP contribution < -0.4 is 14.2 Å². The van der Waals surface area contributed by atoms with Crippen LogP contribution in [-0.4, -0.2) is 21.3 Å². The van der Waals surface area contributed by atoms with Crippen LogP contribution in [0.4, 0.5) is 0 Å². The zero-order valence-electron chi connectivity index (χ0n) is 14.4. The van der Waals surface area contributed by atoms with Gasteiger partial charge in [0.05, 0.1) is 33.3 Å². The third-order valence-corrected chi connectivity index (χ3v) is 4.26. The molecule has 0 saturated heterocycles. The van der Waals surface area contributed by atoms with Gasteiger partial charge in [0.2, 0.25) is 5.75 Å². The van der Waals surface area contributed by atoms with E-state index in [0.717, 1.165) is 21.9 Å². The molecule has 0 aliphatic carbocycles. The van der Waals surface area contributed by atoms with Crippen molar-refractivity contribution in [1.82, 2.24) is 0 Å². The summed E-state index contributed by atoms with van der Waals surface area (Å²) in [6.45, 7) is 0. The lowest BCUT2D eigenvalue weighted by molar-refractivity contribution is 0.324. The molecule has 4 heteroatoms. The van der Waals surface area contributed by atoms with Crippen molar-refractivity contribution in [1.29, 1.82) is 5.26 Å². The molecule has 0 aliphatic heterocycles. The molecule has 0 radical (unpaired) electrons. The molecule has 25 heavy (non-hydrogen) atoms. The van der Waals surface area contributed by atoms with E-state index in [9.17, 15) is 5.26 Å². The molecule has 3 aromatic carbocycles. The van der Waals surface area contributed by atoms with Crippen molar-refractivity contribution in [2.75, 3.05) is 21.3 Å². The highest BCUT2D eigenvalue weighted by Gasteiger charge is 2.20. The molecular weight excluding hydrogens is 314 g/mol. The summed E-state index contributed by atoms with van der Waals surface area (Å²) in [6, 6.07) is 20.2. The van der Waals surface area contributed by atoms with Gasteiger partial charge in [-0.05, 0) is 40.1 Å². The lowest BCUT2D eigenvalue weighted by atomic mass is 9.90. The Balaban J connectivity index is 2.12. The molecule has 0 bridgehead atoms. The number of rotatable bonds is 5. The van der Waals surface area contributed by atoms with Gasteiger partial charge in [0.15, 0.2) is 11.5 Å². The summed E-state index contributed by atoms with van der Waals surface area (Å²) in [5.74, 6) is 1.16. The van der Waals surface area contributed by atoms with E-state index in [1.165, 1.54) is 0 Å². The first kappa shape index (κ1) is 16.7. The van der Waals surface area contributed by atoms with Crippen molar-refractivity contribution < 1.29 is 14.2 Å². The topological polar surface area (TPSA) is 51.5 Å². The second-order valence-electron chi connectivity index (χ2n) is 5.63. The van der Waals surface area contributed by atoms with E-state index in [1.807, 2.05) is 48.5 Å². The number of nitrogens with zero attached hydrogens (tertiary/aromatic N) is 1. The zero-order valence-corrected chi connectivity index (χ0v) is 14.4. The third kappa shape index (κ3) is 3.09. The first-order valence-corrected chi connectivity index (χ1v) is 7.90. The number of hydrogen-bond donors (Lipinski definition) is 0. The molecule has 1 atom stereocenters. The van der Waals surface area contributed by atoms with Gasteiger partial charge in [-0.3, -0.25) is 0 Å². The average molecular weight is 333 g/mol. The SMILES string of the molecule is COc1cc(C(C#N)c2ccc3ccccc3c2)cc(OC)c1OC. The van der Waals surface area contributed by atoms with E-state index in [1.54, 1.807) is 21.3 Å². The predicted molar refractivity (Wildman–Crippen MR) is 97.5 cm³/mol. The number of hydrogen-bond acceptors (Lipinski definition) is 4. The standard InChI is InChI=1S/C21H19NO3/c1-23-19-11-17(12-20(24-2)21(19)25-3)18(13-22)16-9-8-14-6-4-5-7-15(14)10-16/h4-12,18H,1-3H3. The monoisotopic (exact) mass is 333 g/mol. The van der Waals surface area contributed by atoms with Gasteiger partial charge >= 0.3 is 0 Å². The summed E-state index contributed by atoms with van der Waals surface area (Å²) in [7, 11) is 4.70. The first-order valence-electron chi connectivity index (χ1n) is 7.90. The Kier molecular flexibility index (Phi) is 4.76. The number of nitriles is 1. The highest BCUT2D eigenvalue weighted by Crippen LogP contribution is 2.41. The minimum absolute atomic E-state index is 0.432. The first-order chi connectivity index (χ1) is 12.2. The summed E-state index contributed by atoms with van der Waals surface area (Å²) < 4.78 is 16.2. The minimum atomic E-state index is -0.432. The van der Waals surface area contributed by atoms with E-state index >= 15 is 0 Å². The Hall–Kier alpha value is -3.19. The molecule has 0 heterocycles. The van der Waals surface area contributed by atoms with E-state index in [4.69, 9.17) is 14.2 Å². The molecule has 0 fully saturated rings. The Bertz CT molecular complexity index is 918. The van der Waals surface area contributed by atoms with Crippen molar-refractivity contribution in [2.24, 2.45) is 0 Å². The molecule has 3 aromatic rings. The van der Waals surface area contributed by atoms with Gasteiger partial charge in [0.1, 0.15) is 0 Å². The Morgan fingerprint density at radius 2 is 1.40 bits per heavy atom. The maximum Gasteiger partial charge on any atom is 0.203 e. The smallest absolute Gasteiger partial charge is 0.203 e. The predicted octanol–water partition coefficient (Wildman–Crippen LogP) is 4.52. The van der Waals surface area contributed by atoms with Gasteiger partial charge in [-0.1, -0.05) is 36.4 Å². The van der Waals surface area contributed by atoms with Crippen molar-refractivity contribution in [3.05, 3.63) is 65.7 Å². The van der Waals surface area contributed by atoms with Crippen LogP contribution in [0.15, 0.2) is 54.6 Å². The van der Waals surface area contributed by atoms with Crippen molar-refractivity contribution in [3.8, 4) is 23.3 Å². The van der Waals surface area contributed by atoms with Gasteiger partial charge in [0, 0.05) is 0 Å². The second-order valence-corrected chi connectivity index (χ2v) is 5.63. The molecule has 4 nitrogen and oxygen atoms in total. The second kappa shape index (κ2) is 7.14. The highest BCUT2D eigenvalue weighted by atomic mass is 16.5. The van der Waals surface area contributed by atoms with Gasteiger partial charge in [-0.25, -0.2) is 0 Å². The minimum Gasteiger partial charge on any atom is -0.493 e. The fourth-order valence-electron chi connectivity index (χ4n) is 3.00. The van der Waals surface area contributed by atoms with E-state index in [0.29, 0.717) is 17.2 Å². The zero-order chi connectivity index (χ0) is 17.8. The summed E-state index contributed by atoms with van der Waals surface area (Å²) in [5, 5.41) is 12.0. The number of benzene rings is 3. The summed E-state index contributed by atoms with van der Waals surface area (Å²) >= 11 is 0. The third-order valence-electron chi connectivity index (χ3n) is 4.26. The molecule has 126 valence electrons. The fourth-order valence-corrected chi connectivity index (χ4v) is 3.00. The lowest BCUT2D eigenvalue weighted by Gasteiger charge is -2.17. The molecular formula is C21H19NO3. The van der Waals surface area contributed by atoms with E-state index in [2.05, 4.69) is 12.1 Å². The maximum absolute atomic E-state index is 9.80. The molecule has 0 N–H and O–H groups in total. The van der Waals surface area contributed by atoms with Gasteiger partial charge in [-0.15, -0.1) is 0 Å². The van der Waals surface area contributed by atoms with Crippen LogP contribution >= 0.6 is 0 Å². The Morgan fingerprint density at radius 3 is 1.96 bits per heavy atom. The lowest BCUT2D eigenvalue weighted by Crippen LogP contribution is -2.02. The van der Waals surface area contributed by atoms with Gasteiger partial charge in [-0.2, -0.15) is 5.26 Å². The molecule has 0 aromatic heterocycles. The van der Waals surface area contributed by atoms with Crippen LogP contribution in [0.25, 0.3) is 10.8 Å². The summed E-state index contributed by atoms with van der Waals surface area (Å²) in [4.78, 5) is 0. The molecule has 0 spiro atoms.